The van der Waals surface area contributed by atoms with Crippen molar-refractivity contribution in [2.75, 3.05) is 0 Å². The Morgan fingerprint density at radius 3 is 0.434 bits per heavy atom. The first kappa shape index (κ1) is 56.9. The fraction of sp³-hybridized carbons (Fsp3) is 0.923. The van der Waals surface area contributed by atoms with Gasteiger partial charge in [-0.3, -0.25) is 0 Å². The van der Waals surface area contributed by atoms with Crippen molar-refractivity contribution >= 4 is 0 Å². The van der Waals surface area contributed by atoms with Crippen molar-refractivity contribution in [3.8, 4) is 11.8 Å². The fourth-order valence-corrected chi connectivity index (χ4v) is 7.64. The van der Waals surface area contributed by atoms with Crippen LogP contribution in [0.4, 0.5) is 0 Å². The molecule has 0 aliphatic carbocycles. The molecule has 0 saturated carbocycles. The van der Waals surface area contributed by atoms with E-state index in [0.29, 0.717) is 0 Å². The minimum absolute atomic E-state index is 0. The normalized spacial score (nSPS) is 10.7. The maximum absolute atomic E-state index is 6.87. The topological polar surface area (TPSA) is 0 Å². The predicted molar refractivity (Wildman–Crippen MR) is 238 cm³/mol. The second-order valence-electron chi connectivity index (χ2n) is 16.7. The Bertz CT molecular complexity index is 610. The van der Waals surface area contributed by atoms with Gasteiger partial charge >= 0.3 is 16.5 Å². The Labute approximate surface area is 348 Å². The molecule has 0 atom stereocenters. The Morgan fingerprint density at radius 1 is 0.208 bits per heavy atom. The molecule has 0 radical (unpaired) electrons. The van der Waals surface area contributed by atoms with Crippen LogP contribution in [0.3, 0.4) is 0 Å². The Kier molecular flexibility index (Phi) is 62.7. The first-order valence-electron chi connectivity index (χ1n) is 24.6. The molecule has 0 aromatic rings. The molecule has 0 rings (SSSR count). The number of hydrogen-bond donors (Lipinski definition) is 0. The van der Waals surface area contributed by atoms with Crippen molar-refractivity contribution in [1.29, 1.82) is 0 Å². The Balaban J connectivity index is -0.000000926. The Morgan fingerprint density at radius 2 is 0.321 bits per heavy atom. The van der Waals surface area contributed by atoms with E-state index < -0.39 is 0 Å². The summed E-state index contributed by atoms with van der Waals surface area (Å²) in [5, 5.41) is 0. The van der Waals surface area contributed by atoms with Crippen molar-refractivity contribution in [3.63, 3.8) is 0 Å². The summed E-state index contributed by atoms with van der Waals surface area (Å²) < 4.78 is 0. The monoisotopic (exact) mass is 781 g/mol. The van der Waals surface area contributed by atoms with Crippen molar-refractivity contribution in [2.24, 2.45) is 0 Å². The molecule has 0 nitrogen and oxygen atoms in total. The van der Waals surface area contributed by atoms with Crippen LogP contribution >= 0.6 is 0 Å². The standard InChI is InChI=1S/2C26H49.Ni/c2*1-3-5-7-9-11-13-15-17-19-21-23-25-26-24-22-20-18-16-14-12-10-8-6-4-2;/h2*3,5-26H2,1H3;/q2*-1;+2. The minimum Gasteiger partial charge on any atom is -0.694 e. The smallest absolute Gasteiger partial charge is 0.694 e. The van der Waals surface area contributed by atoms with Crippen molar-refractivity contribution < 1.29 is 16.5 Å². The quantitative estimate of drug-likeness (QED) is 0.0250. The van der Waals surface area contributed by atoms with Gasteiger partial charge in [0.15, 0.2) is 0 Å². The van der Waals surface area contributed by atoms with Crippen LogP contribution in [-0.2, 0) is 16.5 Å². The van der Waals surface area contributed by atoms with Gasteiger partial charge in [-0.25, -0.2) is 0 Å². The molecule has 0 aromatic carbocycles. The molecule has 0 aliphatic heterocycles. The van der Waals surface area contributed by atoms with Crippen LogP contribution in [0.2, 0.25) is 0 Å². The maximum atomic E-state index is 6.87. The van der Waals surface area contributed by atoms with Crippen LogP contribution in [0.25, 0.3) is 0 Å². The van der Waals surface area contributed by atoms with Crippen LogP contribution in [0, 0.1) is 24.7 Å². The van der Waals surface area contributed by atoms with E-state index in [2.05, 4.69) is 25.7 Å². The van der Waals surface area contributed by atoms with Crippen molar-refractivity contribution in [1.82, 2.24) is 0 Å². The third kappa shape index (κ3) is 61.1. The largest absolute Gasteiger partial charge is 2.00 e. The van der Waals surface area contributed by atoms with Gasteiger partial charge in [-0.1, -0.05) is 284 Å². The van der Waals surface area contributed by atoms with E-state index in [4.69, 9.17) is 12.8 Å². The molecule has 0 bridgehead atoms. The van der Waals surface area contributed by atoms with Crippen LogP contribution in [0.5, 0.6) is 0 Å². The molecule has 0 spiro atoms. The van der Waals surface area contributed by atoms with Crippen LogP contribution in [0.15, 0.2) is 0 Å². The summed E-state index contributed by atoms with van der Waals surface area (Å²) in [4.78, 5) is 0. The zero-order valence-corrected chi connectivity index (χ0v) is 37.8. The third-order valence-electron chi connectivity index (χ3n) is 11.3. The molecule has 316 valence electrons. The molecule has 0 aromatic heterocycles. The number of hydrogen-bond acceptors (Lipinski definition) is 0. The molecule has 0 aliphatic rings. The van der Waals surface area contributed by atoms with E-state index in [9.17, 15) is 0 Å². The van der Waals surface area contributed by atoms with Gasteiger partial charge in [-0.15, -0.1) is 0 Å². The molecule has 0 fully saturated rings. The van der Waals surface area contributed by atoms with E-state index in [1.165, 1.54) is 283 Å². The van der Waals surface area contributed by atoms with Crippen LogP contribution in [-0.4, -0.2) is 0 Å². The summed E-state index contributed by atoms with van der Waals surface area (Å²) in [5.74, 6) is 4.96. The summed E-state index contributed by atoms with van der Waals surface area (Å²) in [5.41, 5.74) is 0. The van der Waals surface area contributed by atoms with Gasteiger partial charge in [0, 0.05) is 0 Å². The third-order valence-corrected chi connectivity index (χ3v) is 11.3. The van der Waals surface area contributed by atoms with Gasteiger partial charge in [0.2, 0.25) is 0 Å². The summed E-state index contributed by atoms with van der Waals surface area (Å²) in [7, 11) is 0. The summed E-state index contributed by atoms with van der Waals surface area (Å²) >= 11 is 0. The van der Waals surface area contributed by atoms with Gasteiger partial charge in [0.25, 0.3) is 0 Å². The number of rotatable bonds is 44. The van der Waals surface area contributed by atoms with Gasteiger partial charge in [0.1, 0.15) is 0 Å². The second-order valence-corrected chi connectivity index (χ2v) is 16.7. The zero-order valence-electron chi connectivity index (χ0n) is 36.8. The summed E-state index contributed by atoms with van der Waals surface area (Å²) in [6.07, 6.45) is 78.4. The minimum atomic E-state index is 0. The summed E-state index contributed by atoms with van der Waals surface area (Å²) in [6, 6.07) is 0. The predicted octanol–water partition coefficient (Wildman–Crippen LogP) is 19.1. The van der Waals surface area contributed by atoms with E-state index in [1.807, 2.05) is 0 Å². The molecule has 0 unspecified atom stereocenters. The molecular weight excluding hydrogens is 683 g/mol. The SMILES string of the molecule is [C-]#CCCCCCCCCCCCCCCCCCCCCCCCC.[C-]#CCCCCCCCCCCCCCCCCCCCCCCCC.[Ni+2]. The fourth-order valence-electron chi connectivity index (χ4n) is 7.64. The average molecular weight is 782 g/mol. The molecule has 1 heteroatoms. The van der Waals surface area contributed by atoms with E-state index in [0.717, 1.165) is 12.8 Å². The molecule has 0 saturated heterocycles. The summed E-state index contributed by atoms with van der Waals surface area (Å²) in [6.45, 7) is 4.59. The van der Waals surface area contributed by atoms with E-state index in [-0.39, 0.29) is 16.5 Å². The van der Waals surface area contributed by atoms with Gasteiger partial charge in [-0.2, -0.15) is 0 Å². The number of unbranched alkanes of at least 4 members (excludes halogenated alkanes) is 44. The van der Waals surface area contributed by atoms with Gasteiger partial charge < -0.3 is 24.7 Å². The first-order chi connectivity index (χ1) is 25.8. The molecular formula is C52H98Ni. The molecule has 0 N–H and O–H groups in total. The maximum Gasteiger partial charge on any atom is 2.00 e. The van der Waals surface area contributed by atoms with Crippen LogP contribution in [0.1, 0.15) is 309 Å². The molecule has 0 heterocycles. The van der Waals surface area contributed by atoms with Gasteiger partial charge in [0.05, 0.1) is 0 Å². The Hall–Kier alpha value is -0.386. The van der Waals surface area contributed by atoms with Gasteiger partial charge in [-0.05, 0) is 25.7 Å². The van der Waals surface area contributed by atoms with E-state index in [1.54, 1.807) is 0 Å². The van der Waals surface area contributed by atoms with E-state index >= 15 is 0 Å². The van der Waals surface area contributed by atoms with Crippen molar-refractivity contribution in [3.05, 3.63) is 12.8 Å². The van der Waals surface area contributed by atoms with Crippen LogP contribution < -0.4 is 0 Å². The zero-order chi connectivity index (χ0) is 37.9. The molecule has 53 heavy (non-hydrogen) atoms. The van der Waals surface area contributed by atoms with Crippen molar-refractivity contribution in [2.45, 2.75) is 309 Å². The first-order valence-corrected chi connectivity index (χ1v) is 24.6. The second kappa shape index (κ2) is 58.3. The average Bonchev–Trinajstić information content (AvgIpc) is 3.16. The molecule has 0 amide bonds.